The molecule has 1 rings (SSSR count). The SMILES string of the molecule is C/C(=C/F)c1ccc(Cl)cc1. The van der Waals surface area contributed by atoms with E-state index in [4.69, 9.17) is 11.6 Å². The highest BCUT2D eigenvalue weighted by Crippen LogP contribution is 2.16. The molecule has 0 unspecified atom stereocenters. The number of halogens is 2. The summed E-state index contributed by atoms with van der Waals surface area (Å²) in [7, 11) is 0. The standard InChI is InChI=1S/C9H8ClF/c1-7(6-11)8-2-4-9(10)5-3-8/h2-6H,1H3/b7-6-. The maximum Gasteiger partial charge on any atom is 0.0902 e. The summed E-state index contributed by atoms with van der Waals surface area (Å²) in [6, 6.07) is 7.05. The van der Waals surface area contributed by atoms with Gasteiger partial charge in [0.25, 0.3) is 0 Å². The molecule has 0 saturated heterocycles. The molecular formula is C9H8ClF. The van der Waals surface area contributed by atoms with Gasteiger partial charge in [-0.15, -0.1) is 0 Å². The van der Waals surface area contributed by atoms with E-state index in [0.717, 1.165) is 5.56 Å². The Morgan fingerprint density at radius 1 is 1.36 bits per heavy atom. The van der Waals surface area contributed by atoms with E-state index < -0.39 is 0 Å². The van der Waals surface area contributed by atoms with Crippen molar-refractivity contribution in [3.8, 4) is 0 Å². The highest BCUT2D eigenvalue weighted by Gasteiger charge is 1.93. The molecule has 0 aromatic heterocycles. The topological polar surface area (TPSA) is 0 Å². The van der Waals surface area contributed by atoms with Gasteiger partial charge in [-0.3, -0.25) is 0 Å². The minimum absolute atomic E-state index is 0.587. The lowest BCUT2D eigenvalue weighted by Crippen LogP contribution is -1.76. The van der Waals surface area contributed by atoms with Crippen LogP contribution in [0.2, 0.25) is 5.02 Å². The van der Waals surface area contributed by atoms with E-state index in [1.54, 1.807) is 31.2 Å². The fraction of sp³-hybridized carbons (Fsp3) is 0.111. The summed E-state index contributed by atoms with van der Waals surface area (Å²) in [6.07, 6.45) is 0.587. The van der Waals surface area contributed by atoms with Gasteiger partial charge in [-0.25, -0.2) is 4.39 Å². The Kier molecular flexibility index (Phi) is 2.66. The average Bonchev–Trinajstić information content (AvgIpc) is 2.05. The van der Waals surface area contributed by atoms with Gasteiger partial charge >= 0.3 is 0 Å². The lowest BCUT2D eigenvalue weighted by atomic mass is 10.1. The summed E-state index contributed by atoms with van der Waals surface area (Å²) in [5.41, 5.74) is 1.47. The third kappa shape index (κ3) is 2.05. The second-order valence-electron chi connectivity index (χ2n) is 2.30. The summed E-state index contributed by atoms with van der Waals surface area (Å²) in [6.45, 7) is 1.71. The molecule has 0 atom stereocenters. The molecule has 0 heterocycles. The minimum atomic E-state index is 0.587. The van der Waals surface area contributed by atoms with E-state index in [0.29, 0.717) is 16.9 Å². The van der Waals surface area contributed by atoms with Gasteiger partial charge in [0, 0.05) is 5.02 Å². The third-order valence-electron chi connectivity index (χ3n) is 1.46. The van der Waals surface area contributed by atoms with E-state index in [-0.39, 0.29) is 0 Å². The molecule has 0 nitrogen and oxygen atoms in total. The zero-order valence-corrected chi connectivity index (χ0v) is 6.90. The van der Waals surface area contributed by atoms with Crippen LogP contribution in [0.25, 0.3) is 5.57 Å². The zero-order valence-electron chi connectivity index (χ0n) is 6.14. The molecule has 0 bridgehead atoms. The fourth-order valence-electron chi connectivity index (χ4n) is 0.776. The minimum Gasteiger partial charge on any atom is -0.215 e. The lowest BCUT2D eigenvalue weighted by Gasteiger charge is -1.97. The molecular weight excluding hydrogens is 163 g/mol. The summed E-state index contributed by atoms with van der Waals surface area (Å²) >= 11 is 5.65. The van der Waals surface area contributed by atoms with Crippen molar-refractivity contribution in [2.75, 3.05) is 0 Å². The van der Waals surface area contributed by atoms with E-state index in [1.165, 1.54) is 0 Å². The molecule has 0 N–H and O–H groups in total. The second-order valence-corrected chi connectivity index (χ2v) is 2.74. The molecule has 0 aliphatic carbocycles. The normalized spacial score (nSPS) is 11.7. The quantitative estimate of drug-likeness (QED) is 0.603. The molecule has 0 aliphatic heterocycles. The molecule has 1 aromatic rings. The molecule has 0 saturated carbocycles. The Labute approximate surface area is 70.3 Å². The summed E-state index contributed by atoms with van der Waals surface area (Å²) in [5, 5.41) is 0.667. The van der Waals surface area contributed by atoms with Crippen molar-refractivity contribution >= 4 is 17.2 Å². The predicted molar refractivity (Wildman–Crippen MR) is 46.2 cm³/mol. The molecule has 0 amide bonds. The van der Waals surface area contributed by atoms with Gasteiger partial charge in [0.2, 0.25) is 0 Å². The number of benzene rings is 1. The Morgan fingerprint density at radius 3 is 2.36 bits per heavy atom. The van der Waals surface area contributed by atoms with Crippen molar-refractivity contribution in [2.45, 2.75) is 6.92 Å². The van der Waals surface area contributed by atoms with Crippen molar-refractivity contribution in [2.24, 2.45) is 0 Å². The van der Waals surface area contributed by atoms with Crippen LogP contribution in [0, 0.1) is 0 Å². The van der Waals surface area contributed by atoms with Crippen molar-refractivity contribution in [3.63, 3.8) is 0 Å². The summed E-state index contributed by atoms with van der Waals surface area (Å²) in [5.74, 6) is 0. The third-order valence-corrected chi connectivity index (χ3v) is 1.72. The summed E-state index contributed by atoms with van der Waals surface area (Å²) in [4.78, 5) is 0. The molecule has 0 radical (unpaired) electrons. The van der Waals surface area contributed by atoms with Gasteiger partial charge in [0.1, 0.15) is 0 Å². The van der Waals surface area contributed by atoms with E-state index in [2.05, 4.69) is 0 Å². The van der Waals surface area contributed by atoms with Crippen molar-refractivity contribution < 1.29 is 4.39 Å². The van der Waals surface area contributed by atoms with Crippen LogP contribution in [0.1, 0.15) is 12.5 Å². The first-order valence-electron chi connectivity index (χ1n) is 3.27. The zero-order chi connectivity index (χ0) is 8.27. The Hall–Kier alpha value is -0.820. The maximum atomic E-state index is 12.0. The number of allylic oxidation sites excluding steroid dienone is 1. The van der Waals surface area contributed by atoms with E-state index in [1.807, 2.05) is 0 Å². The first kappa shape index (κ1) is 8.28. The maximum absolute atomic E-state index is 12.0. The Bertz CT molecular complexity index is 261. The van der Waals surface area contributed by atoms with Gasteiger partial charge in [0.15, 0.2) is 0 Å². The number of hydrogen-bond donors (Lipinski definition) is 0. The average molecular weight is 171 g/mol. The van der Waals surface area contributed by atoms with Crippen LogP contribution in [0.4, 0.5) is 4.39 Å². The Balaban J connectivity index is 2.99. The molecule has 1 aromatic carbocycles. The largest absolute Gasteiger partial charge is 0.215 e. The van der Waals surface area contributed by atoms with Crippen molar-refractivity contribution in [3.05, 3.63) is 41.2 Å². The van der Waals surface area contributed by atoms with Gasteiger partial charge in [-0.2, -0.15) is 0 Å². The number of hydrogen-bond acceptors (Lipinski definition) is 0. The highest BCUT2D eigenvalue weighted by atomic mass is 35.5. The van der Waals surface area contributed by atoms with Crippen molar-refractivity contribution in [1.82, 2.24) is 0 Å². The fourth-order valence-corrected chi connectivity index (χ4v) is 0.902. The van der Waals surface area contributed by atoms with Gasteiger partial charge in [0.05, 0.1) is 6.33 Å². The predicted octanol–water partition coefficient (Wildman–Crippen LogP) is 3.67. The van der Waals surface area contributed by atoms with Crippen molar-refractivity contribution in [1.29, 1.82) is 0 Å². The van der Waals surface area contributed by atoms with E-state index >= 15 is 0 Å². The molecule has 0 fully saturated rings. The lowest BCUT2D eigenvalue weighted by molar-refractivity contribution is 0.723. The smallest absolute Gasteiger partial charge is 0.0902 e. The van der Waals surface area contributed by atoms with Gasteiger partial charge in [-0.1, -0.05) is 23.7 Å². The Morgan fingerprint density at radius 2 is 1.91 bits per heavy atom. The molecule has 0 aliphatic rings. The molecule has 2 heteroatoms. The summed E-state index contributed by atoms with van der Waals surface area (Å²) < 4.78 is 12.0. The van der Waals surface area contributed by atoms with Crippen LogP contribution in [-0.2, 0) is 0 Å². The van der Waals surface area contributed by atoms with Crippen LogP contribution in [0.3, 0.4) is 0 Å². The van der Waals surface area contributed by atoms with Gasteiger partial charge in [-0.05, 0) is 30.2 Å². The van der Waals surface area contributed by atoms with Crippen LogP contribution < -0.4 is 0 Å². The molecule has 11 heavy (non-hydrogen) atoms. The highest BCUT2D eigenvalue weighted by molar-refractivity contribution is 6.30. The van der Waals surface area contributed by atoms with Crippen LogP contribution in [0.15, 0.2) is 30.6 Å². The van der Waals surface area contributed by atoms with Crippen LogP contribution in [-0.4, -0.2) is 0 Å². The molecule has 0 spiro atoms. The monoisotopic (exact) mass is 170 g/mol. The van der Waals surface area contributed by atoms with Gasteiger partial charge < -0.3 is 0 Å². The second kappa shape index (κ2) is 3.54. The van der Waals surface area contributed by atoms with Crippen LogP contribution >= 0.6 is 11.6 Å². The first-order chi connectivity index (χ1) is 5.24. The molecule has 58 valence electrons. The van der Waals surface area contributed by atoms with E-state index in [9.17, 15) is 4.39 Å². The number of rotatable bonds is 1. The first-order valence-corrected chi connectivity index (χ1v) is 3.65. The van der Waals surface area contributed by atoms with Crippen LogP contribution in [0.5, 0.6) is 0 Å².